The van der Waals surface area contributed by atoms with E-state index in [1.807, 2.05) is 38.2 Å². The SMILES string of the molecule is Cc1ccccc1CO/N=C1\C=C[C@@]2(C)C(=C1)CC[C@@H]1[C@@H]2/C(=N/N(C)C)C[C@@]2(C)[C@H]1CC[C@]2(O)C(=O)CO. The maximum Gasteiger partial charge on any atom is 0.190 e. The van der Waals surface area contributed by atoms with E-state index in [-0.39, 0.29) is 23.2 Å². The first-order chi connectivity index (χ1) is 18.0. The van der Waals surface area contributed by atoms with Crippen molar-refractivity contribution < 1.29 is 19.8 Å². The third-order valence-corrected chi connectivity index (χ3v) is 10.0. The summed E-state index contributed by atoms with van der Waals surface area (Å²) in [5.74, 6) is 0.182. The number of allylic oxidation sites excluding steroid dienone is 4. The fourth-order valence-corrected chi connectivity index (χ4v) is 8.03. The molecule has 0 unspecified atom stereocenters. The zero-order valence-electron chi connectivity index (χ0n) is 23.3. The molecule has 204 valence electrons. The molecule has 0 radical (unpaired) electrons. The Hall–Kier alpha value is -2.77. The summed E-state index contributed by atoms with van der Waals surface area (Å²) in [5.41, 5.74) is 3.10. The average molecular weight is 520 g/mol. The first-order valence-electron chi connectivity index (χ1n) is 13.8. The molecule has 0 bridgehead atoms. The van der Waals surface area contributed by atoms with Crippen molar-refractivity contribution in [1.82, 2.24) is 5.01 Å². The molecule has 0 amide bonds. The fourth-order valence-electron chi connectivity index (χ4n) is 8.03. The zero-order chi connectivity index (χ0) is 27.3. The summed E-state index contributed by atoms with van der Waals surface area (Å²) < 4.78 is 0. The molecule has 7 nitrogen and oxygen atoms in total. The van der Waals surface area contributed by atoms with Crippen molar-refractivity contribution in [1.29, 1.82) is 0 Å². The minimum Gasteiger partial charge on any atom is -0.390 e. The van der Waals surface area contributed by atoms with Crippen molar-refractivity contribution in [2.45, 2.75) is 65.1 Å². The maximum atomic E-state index is 12.8. The van der Waals surface area contributed by atoms with Gasteiger partial charge in [-0.1, -0.05) is 54.9 Å². The van der Waals surface area contributed by atoms with Gasteiger partial charge in [0.05, 0.1) is 0 Å². The van der Waals surface area contributed by atoms with Crippen molar-refractivity contribution in [3.63, 3.8) is 0 Å². The smallest absolute Gasteiger partial charge is 0.190 e. The number of carbonyl (C=O) groups excluding carboxylic acids is 1. The number of rotatable bonds is 6. The number of hydrogen-bond acceptors (Lipinski definition) is 7. The molecule has 38 heavy (non-hydrogen) atoms. The molecule has 0 spiro atoms. The molecule has 5 rings (SSSR count). The Balaban J connectivity index is 1.45. The Morgan fingerprint density at radius 2 is 1.97 bits per heavy atom. The number of hydrazone groups is 1. The van der Waals surface area contributed by atoms with Gasteiger partial charge >= 0.3 is 0 Å². The number of Topliss-reactive ketones (excluding diaryl/α,β-unsaturated/α-hetero) is 1. The molecule has 4 aliphatic carbocycles. The number of benzene rings is 1. The molecule has 0 aromatic heterocycles. The minimum absolute atomic E-state index is 0.167. The van der Waals surface area contributed by atoms with E-state index >= 15 is 0 Å². The third-order valence-electron chi connectivity index (χ3n) is 10.0. The standard InChI is InChI=1S/C31H41N3O4/c1-20-8-6-7-9-21(20)19-38-33-23-12-14-29(2)22(16-23)10-11-24-25-13-15-31(37,27(36)18-35)30(25,3)17-26(28(24)29)32-34(4)5/h6-9,12,14,16,24-25,28,35,37H,10-11,13,15,17-19H2,1-5H3/b32-26+,33-23+/t24-,25-,28+,29-,30-,31-/m0/s1. The predicted octanol–water partition coefficient (Wildman–Crippen LogP) is 4.43. The highest BCUT2D eigenvalue weighted by atomic mass is 16.6. The summed E-state index contributed by atoms with van der Waals surface area (Å²) in [6, 6.07) is 8.17. The van der Waals surface area contributed by atoms with Crippen LogP contribution in [0, 0.1) is 35.5 Å². The van der Waals surface area contributed by atoms with E-state index in [1.54, 1.807) is 0 Å². The van der Waals surface area contributed by atoms with Gasteiger partial charge in [0, 0.05) is 36.6 Å². The van der Waals surface area contributed by atoms with E-state index in [0.717, 1.165) is 36.2 Å². The van der Waals surface area contributed by atoms with Gasteiger partial charge in [-0.15, -0.1) is 0 Å². The summed E-state index contributed by atoms with van der Waals surface area (Å²) in [7, 11) is 3.84. The molecule has 7 heteroatoms. The van der Waals surface area contributed by atoms with E-state index in [1.165, 1.54) is 11.1 Å². The number of aliphatic hydroxyl groups excluding tert-OH is 1. The molecule has 6 atom stereocenters. The van der Waals surface area contributed by atoms with Crippen molar-refractivity contribution in [2.75, 3.05) is 20.7 Å². The van der Waals surface area contributed by atoms with E-state index in [2.05, 4.69) is 49.4 Å². The Morgan fingerprint density at radius 3 is 2.68 bits per heavy atom. The van der Waals surface area contributed by atoms with Crippen LogP contribution in [-0.4, -0.2) is 58.7 Å². The molecule has 0 saturated heterocycles. The lowest BCUT2D eigenvalue weighted by molar-refractivity contribution is -0.157. The van der Waals surface area contributed by atoms with E-state index in [9.17, 15) is 15.0 Å². The van der Waals surface area contributed by atoms with Gasteiger partial charge in [-0.3, -0.25) is 4.79 Å². The van der Waals surface area contributed by atoms with Crippen LogP contribution in [0.25, 0.3) is 0 Å². The van der Waals surface area contributed by atoms with Crippen molar-refractivity contribution in [3.05, 3.63) is 59.2 Å². The number of hydrogen-bond donors (Lipinski definition) is 2. The van der Waals surface area contributed by atoms with Crippen LogP contribution in [0.2, 0.25) is 0 Å². The van der Waals surface area contributed by atoms with Crippen molar-refractivity contribution >= 4 is 17.2 Å². The number of nitrogens with zero attached hydrogens (tertiary/aromatic N) is 3. The number of aryl methyl sites for hydroxylation is 1. The van der Waals surface area contributed by atoms with Crippen LogP contribution >= 0.6 is 0 Å². The lowest BCUT2D eigenvalue weighted by Crippen LogP contribution is -2.60. The fraction of sp³-hybridized carbons (Fsp3) is 0.581. The van der Waals surface area contributed by atoms with Gasteiger partial charge in [0.15, 0.2) is 5.78 Å². The number of fused-ring (bicyclic) bond motifs is 5. The van der Waals surface area contributed by atoms with Crippen LogP contribution in [0.1, 0.15) is 57.1 Å². The number of oxime groups is 1. The van der Waals surface area contributed by atoms with E-state index in [0.29, 0.717) is 19.4 Å². The molecule has 4 aliphatic rings. The quantitative estimate of drug-likeness (QED) is 0.543. The monoisotopic (exact) mass is 519 g/mol. The lowest BCUT2D eigenvalue weighted by Gasteiger charge is -2.58. The van der Waals surface area contributed by atoms with Crippen LogP contribution in [0.15, 0.2) is 58.3 Å². The van der Waals surface area contributed by atoms with Crippen LogP contribution in [0.3, 0.4) is 0 Å². The van der Waals surface area contributed by atoms with Gasteiger partial charge in [-0.2, -0.15) is 5.10 Å². The number of ketones is 1. The van der Waals surface area contributed by atoms with Gasteiger partial charge in [-0.25, -0.2) is 0 Å². The number of carbonyl (C=O) groups is 1. The van der Waals surface area contributed by atoms with E-state index < -0.39 is 23.4 Å². The van der Waals surface area contributed by atoms with Crippen LogP contribution < -0.4 is 0 Å². The van der Waals surface area contributed by atoms with Gasteiger partial charge in [-0.05, 0) is 74.1 Å². The zero-order valence-corrected chi connectivity index (χ0v) is 23.3. The minimum atomic E-state index is -1.52. The molecular weight excluding hydrogens is 478 g/mol. The summed E-state index contributed by atoms with van der Waals surface area (Å²) in [5, 5.41) is 32.6. The number of aliphatic hydroxyl groups is 2. The maximum absolute atomic E-state index is 12.8. The summed E-state index contributed by atoms with van der Waals surface area (Å²) in [6.07, 6.45) is 10.1. The molecular formula is C31H41N3O4. The molecule has 1 aromatic rings. The highest BCUT2D eigenvalue weighted by molar-refractivity contribution is 6.06. The van der Waals surface area contributed by atoms with Crippen LogP contribution in [0.4, 0.5) is 0 Å². The third kappa shape index (κ3) is 4.15. The van der Waals surface area contributed by atoms with Gasteiger partial charge in [0.25, 0.3) is 0 Å². The topological polar surface area (TPSA) is 94.7 Å². The first kappa shape index (κ1) is 26.8. The Labute approximate surface area is 225 Å². The normalized spacial score (nSPS) is 37.9. The second-order valence-electron chi connectivity index (χ2n) is 12.3. The molecule has 0 heterocycles. The second-order valence-corrected chi connectivity index (χ2v) is 12.3. The summed E-state index contributed by atoms with van der Waals surface area (Å²) >= 11 is 0. The van der Waals surface area contributed by atoms with Crippen LogP contribution in [-0.2, 0) is 16.2 Å². The van der Waals surface area contributed by atoms with Gasteiger partial charge in [0.2, 0.25) is 0 Å². The highest BCUT2D eigenvalue weighted by Crippen LogP contribution is 2.66. The average Bonchev–Trinajstić information content (AvgIpc) is 3.15. The molecule has 1 aromatic carbocycles. The largest absolute Gasteiger partial charge is 0.390 e. The summed E-state index contributed by atoms with van der Waals surface area (Å²) in [6.45, 7) is 6.22. The molecule has 0 aliphatic heterocycles. The highest BCUT2D eigenvalue weighted by Gasteiger charge is 2.67. The Kier molecular flexibility index (Phi) is 6.89. The van der Waals surface area contributed by atoms with Crippen LogP contribution in [0.5, 0.6) is 0 Å². The summed E-state index contributed by atoms with van der Waals surface area (Å²) in [4.78, 5) is 18.6. The van der Waals surface area contributed by atoms with Gasteiger partial charge in [0.1, 0.15) is 24.5 Å². The molecule has 2 N–H and O–H groups in total. The molecule has 3 saturated carbocycles. The Morgan fingerprint density at radius 1 is 1.21 bits per heavy atom. The van der Waals surface area contributed by atoms with Gasteiger partial charge < -0.3 is 20.1 Å². The first-order valence-corrected chi connectivity index (χ1v) is 13.8. The van der Waals surface area contributed by atoms with Crippen molar-refractivity contribution in [3.8, 4) is 0 Å². The predicted molar refractivity (Wildman–Crippen MR) is 149 cm³/mol. The van der Waals surface area contributed by atoms with E-state index in [4.69, 9.17) is 9.94 Å². The lowest BCUT2D eigenvalue weighted by atomic mass is 9.46. The Bertz CT molecular complexity index is 1230. The van der Waals surface area contributed by atoms with Crippen molar-refractivity contribution in [2.24, 2.45) is 38.8 Å². The molecule has 3 fully saturated rings. The second kappa shape index (κ2) is 9.76.